The lowest BCUT2D eigenvalue weighted by Crippen LogP contribution is -2.23. The van der Waals surface area contributed by atoms with Gasteiger partial charge in [0.25, 0.3) is 0 Å². The Bertz CT molecular complexity index is 931. The average molecular weight is 390 g/mol. The Kier molecular flexibility index (Phi) is 4.24. The van der Waals surface area contributed by atoms with Crippen molar-refractivity contribution in [2.75, 3.05) is 4.90 Å². The number of carbonyl (C=O) groups is 1. The molecule has 1 heterocycles. The molecular weight excluding hydrogens is 374 g/mol. The van der Waals surface area contributed by atoms with E-state index in [2.05, 4.69) is 40.2 Å². The molecule has 0 fully saturated rings. The summed E-state index contributed by atoms with van der Waals surface area (Å²) in [4.78, 5) is 14.4. The zero-order valence-electron chi connectivity index (χ0n) is 13.5. The van der Waals surface area contributed by atoms with Gasteiger partial charge in [0.2, 0.25) is 5.91 Å². The molecule has 3 aromatic carbocycles. The van der Waals surface area contributed by atoms with Crippen LogP contribution in [0.4, 0.5) is 5.69 Å². The van der Waals surface area contributed by atoms with Crippen molar-refractivity contribution < 1.29 is 4.79 Å². The molecular formula is C22H16BrNO. The molecule has 0 saturated carbocycles. The Hall–Kier alpha value is -2.65. The van der Waals surface area contributed by atoms with Gasteiger partial charge >= 0.3 is 0 Å². The molecule has 0 unspecified atom stereocenters. The lowest BCUT2D eigenvalue weighted by molar-refractivity contribution is -0.116. The van der Waals surface area contributed by atoms with E-state index < -0.39 is 0 Å². The number of hydrogen-bond donors (Lipinski definition) is 0. The van der Waals surface area contributed by atoms with Crippen molar-refractivity contribution in [2.45, 2.75) is 6.42 Å². The van der Waals surface area contributed by atoms with Crippen LogP contribution in [-0.4, -0.2) is 5.91 Å². The van der Waals surface area contributed by atoms with Crippen LogP contribution in [0.5, 0.6) is 0 Å². The number of halogens is 1. The molecule has 4 rings (SSSR count). The van der Waals surface area contributed by atoms with E-state index in [1.54, 1.807) is 4.90 Å². The van der Waals surface area contributed by atoms with Crippen LogP contribution in [0.1, 0.15) is 12.0 Å². The van der Waals surface area contributed by atoms with E-state index in [-0.39, 0.29) is 5.91 Å². The van der Waals surface area contributed by atoms with Gasteiger partial charge in [-0.25, -0.2) is 0 Å². The van der Waals surface area contributed by atoms with Crippen molar-refractivity contribution in [1.29, 1.82) is 0 Å². The minimum absolute atomic E-state index is 0.0817. The maximum atomic E-state index is 12.6. The fraction of sp³-hybridized carbons (Fsp3) is 0.0455. The van der Waals surface area contributed by atoms with Crippen molar-refractivity contribution in [3.05, 3.63) is 95.0 Å². The molecule has 3 aromatic rings. The first kappa shape index (κ1) is 15.9. The van der Waals surface area contributed by atoms with Crippen LogP contribution in [0.2, 0.25) is 0 Å². The summed E-state index contributed by atoms with van der Waals surface area (Å²) in [6, 6.07) is 28.4. The van der Waals surface area contributed by atoms with Crippen molar-refractivity contribution in [3.63, 3.8) is 0 Å². The zero-order valence-corrected chi connectivity index (χ0v) is 15.1. The lowest BCUT2D eigenvalue weighted by Gasteiger charge is -2.21. The van der Waals surface area contributed by atoms with Gasteiger partial charge in [-0.3, -0.25) is 9.69 Å². The molecule has 25 heavy (non-hydrogen) atoms. The predicted octanol–water partition coefficient (Wildman–Crippen LogP) is 5.85. The van der Waals surface area contributed by atoms with Crippen LogP contribution < -0.4 is 4.90 Å². The van der Waals surface area contributed by atoms with Crippen molar-refractivity contribution >= 4 is 33.2 Å². The van der Waals surface area contributed by atoms with Gasteiger partial charge in [0, 0.05) is 10.2 Å². The fourth-order valence-electron chi connectivity index (χ4n) is 3.13. The third-order valence-corrected chi connectivity index (χ3v) is 4.97. The van der Waals surface area contributed by atoms with Crippen LogP contribution in [0.25, 0.3) is 16.8 Å². The highest BCUT2D eigenvalue weighted by molar-refractivity contribution is 9.11. The molecule has 1 aliphatic rings. The molecule has 0 bridgehead atoms. The quantitative estimate of drug-likeness (QED) is 0.549. The minimum Gasteiger partial charge on any atom is -0.279 e. The van der Waals surface area contributed by atoms with Gasteiger partial charge < -0.3 is 0 Å². The van der Waals surface area contributed by atoms with Crippen LogP contribution >= 0.6 is 15.9 Å². The summed E-state index contributed by atoms with van der Waals surface area (Å²) in [6.45, 7) is 0. The summed E-state index contributed by atoms with van der Waals surface area (Å²) < 4.78 is 0.927. The maximum Gasteiger partial charge on any atom is 0.236 e. The van der Waals surface area contributed by atoms with Crippen LogP contribution in [0, 0.1) is 0 Å². The molecule has 1 amide bonds. The van der Waals surface area contributed by atoms with Crippen molar-refractivity contribution in [3.8, 4) is 11.1 Å². The van der Waals surface area contributed by atoms with Gasteiger partial charge in [0.05, 0.1) is 12.1 Å². The van der Waals surface area contributed by atoms with Gasteiger partial charge in [0.1, 0.15) is 0 Å². The number of amides is 1. The van der Waals surface area contributed by atoms with Gasteiger partial charge in [-0.1, -0.05) is 88.7 Å². The Morgan fingerprint density at radius 2 is 1.20 bits per heavy atom. The summed E-state index contributed by atoms with van der Waals surface area (Å²) in [6.07, 6.45) is 0.394. The largest absolute Gasteiger partial charge is 0.279 e. The standard InChI is InChI=1S/C22H16BrNO/c23-20-15-21(25)24(22(20)18-9-5-2-6-10-18)19-13-11-17(12-14-19)16-7-3-1-4-8-16/h1-14H,15H2. The smallest absolute Gasteiger partial charge is 0.236 e. The van der Waals surface area contributed by atoms with Gasteiger partial charge in [-0.2, -0.15) is 0 Å². The van der Waals surface area contributed by atoms with E-state index in [0.717, 1.165) is 27.0 Å². The lowest BCUT2D eigenvalue weighted by atomic mass is 10.0. The molecule has 3 heteroatoms. The van der Waals surface area contributed by atoms with Crippen LogP contribution in [0.15, 0.2) is 89.4 Å². The molecule has 1 aliphatic heterocycles. The molecule has 0 spiro atoms. The highest BCUT2D eigenvalue weighted by atomic mass is 79.9. The maximum absolute atomic E-state index is 12.6. The zero-order chi connectivity index (χ0) is 17.2. The van der Waals surface area contributed by atoms with Crippen LogP contribution in [-0.2, 0) is 4.79 Å². The van der Waals surface area contributed by atoms with E-state index in [0.29, 0.717) is 6.42 Å². The summed E-state index contributed by atoms with van der Waals surface area (Å²) in [5.41, 5.74) is 5.16. The fourth-order valence-corrected chi connectivity index (χ4v) is 3.78. The van der Waals surface area contributed by atoms with Crippen molar-refractivity contribution in [2.24, 2.45) is 0 Å². The average Bonchev–Trinajstić information content (AvgIpc) is 2.97. The summed E-state index contributed by atoms with van der Waals surface area (Å²) in [7, 11) is 0. The summed E-state index contributed by atoms with van der Waals surface area (Å²) in [5, 5.41) is 0. The van der Waals surface area contributed by atoms with E-state index in [9.17, 15) is 4.79 Å². The molecule has 2 nitrogen and oxygen atoms in total. The third kappa shape index (κ3) is 3.03. The number of anilines is 1. The van der Waals surface area contributed by atoms with Crippen molar-refractivity contribution in [1.82, 2.24) is 0 Å². The van der Waals surface area contributed by atoms with Gasteiger partial charge in [0.15, 0.2) is 0 Å². The molecule has 0 saturated heterocycles. The Labute approximate surface area is 155 Å². The SMILES string of the molecule is O=C1CC(Br)=C(c2ccccc2)N1c1ccc(-c2ccccc2)cc1. The second kappa shape index (κ2) is 6.69. The summed E-state index contributed by atoms with van der Waals surface area (Å²) >= 11 is 3.59. The molecule has 0 atom stereocenters. The highest BCUT2D eigenvalue weighted by Gasteiger charge is 2.31. The van der Waals surface area contributed by atoms with Gasteiger partial charge in [-0.05, 0) is 28.8 Å². The third-order valence-electron chi connectivity index (χ3n) is 4.32. The first-order chi connectivity index (χ1) is 12.2. The Morgan fingerprint density at radius 3 is 1.80 bits per heavy atom. The molecule has 122 valence electrons. The van der Waals surface area contributed by atoms with Crippen LogP contribution in [0.3, 0.4) is 0 Å². The van der Waals surface area contributed by atoms with E-state index >= 15 is 0 Å². The number of nitrogens with zero attached hydrogens (tertiary/aromatic N) is 1. The first-order valence-corrected chi connectivity index (χ1v) is 8.96. The molecule has 0 aliphatic carbocycles. The summed E-state index contributed by atoms with van der Waals surface area (Å²) in [5.74, 6) is 0.0817. The van der Waals surface area contributed by atoms with Gasteiger partial charge in [-0.15, -0.1) is 0 Å². The predicted molar refractivity (Wildman–Crippen MR) is 106 cm³/mol. The van der Waals surface area contributed by atoms with E-state index in [1.807, 2.05) is 60.7 Å². The van der Waals surface area contributed by atoms with E-state index in [4.69, 9.17) is 0 Å². The monoisotopic (exact) mass is 389 g/mol. The topological polar surface area (TPSA) is 20.3 Å². The Morgan fingerprint density at radius 1 is 0.680 bits per heavy atom. The molecule has 0 radical (unpaired) electrons. The molecule has 0 N–H and O–H groups in total. The normalized spacial score (nSPS) is 14.3. The number of rotatable bonds is 3. The number of benzene rings is 3. The number of carbonyl (C=O) groups excluding carboxylic acids is 1. The first-order valence-electron chi connectivity index (χ1n) is 8.16. The Balaban J connectivity index is 1.72. The number of hydrogen-bond acceptors (Lipinski definition) is 1. The minimum atomic E-state index is 0.0817. The van der Waals surface area contributed by atoms with E-state index in [1.165, 1.54) is 5.56 Å². The highest BCUT2D eigenvalue weighted by Crippen LogP contribution is 2.39. The second-order valence-electron chi connectivity index (χ2n) is 5.94. The molecule has 0 aromatic heterocycles. The second-order valence-corrected chi connectivity index (χ2v) is 6.90.